The van der Waals surface area contributed by atoms with Gasteiger partial charge >= 0.3 is 11.8 Å². The Bertz CT molecular complexity index is 2030. The van der Waals surface area contributed by atoms with E-state index in [-0.39, 0.29) is 28.0 Å². The summed E-state index contributed by atoms with van der Waals surface area (Å²) in [6.07, 6.45) is 4.56. The number of esters is 1. The molecule has 0 spiro atoms. The molecule has 0 aromatic heterocycles. The van der Waals surface area contributed by atoms with Crippen LogP contribution >= 0.6 is 0 Å². The van der Waals surface area contributed by atoms with Gasteiger partial charge in [0.05, 0.1) is 53.1 Å². The van der Waals surface area contributed by atoms with Gasteiger partial charge in [0.15, 0.2) is 5.78 Å². The molecule has 5 bridgehead atoms. The predicted molar refractivity (Wildman–Crippen MR) is 216 cm³/mol. The number of methoxy groups -OCH3 is 1. The number of amides is 1. The minimum absolute atomic E-state index is 0.0118. The molecule has 1 amide bonds. The molecule has 0 saturated carbocycles. The Hall–Kier alpha value is -5.16. The molecular formula is C43H56N4O12. The van der Waals surface area contributed by atoms with Crippen LogP contribution in [0.15, 0.2) is 52.5 Å². The fourth-order valence-corrected chi connectivity index (χ4v) is 7.89. The summed E-state index contributed by atoms with van der Waals surface area (Å²) in [5.74, 6) is -9.34. The van der Waals surface area contributed by atoms with Crippen molar-refractivity contribution >= 4 is 35.4 Å². The molecule has 320 valence electrons. The first-order valence-corrected chi connectivity index (χ1v) is 19.7. The molecule has 4 N–H and O–H groups in total. The maximum Gasteiger partial charge on any atom is 0.312 e. The number of hydrazone groups is 1. The van der Waals surface area contributed by atoms with Crippen molar-refractivity contribution in [3.05, 3.63) is 69.7 Å². The summed E-state index contributed by atoms with van der Waals surface area (Å²) in [7, 11) is 3.39. The van der Waals surface area contributed by atoms with Crippen LogP contribution in [-0.4, -0.2) is 131 Å². The van der Waals surface area contributed by atoms with Gasteiger partial charge in [0.25, 0.3) is 11.7 Å². The number of ketones is 3. The van der Waals surface area contributed by atoms with Gasteiger partial charge in [0, 0.05) is 81.9 Å². The standard InChI is InChI=1S/C43H56N4O12/c1-21-12-11-13-22(2)42(55)45-33-28(20-44-47-17-15-46(9)16-18-47)37(52)30-31(38(33)53)36(51)26(6)40-32(30)41(54)43(8,59-40)57-19-14-29(56-10)23(3)39(58-27(7)48)25(5)35(50)24(4)34(21)49/h11-14,19-21,23-25,29,34-35,39,49-51H,15-18H2,1-10H3,(H,45,55)/b12-11?,19-14?,22-13?,44-20+. The van der Waals surface area contributed by atoms with E-state index in [1.165, 1.54) is 59.4 Å². The zero-order valence-corrected chi connectivity index (χ0v) is 35.3. The summed E-state index contributed by atoms with van der Waals surface area (Å²) in [5.41, 5.74) is -1.82. The number of aliphatic hydroxyl groups is 2. The molecule has 6 rings (SSSR count). The summed E-state index contributed by atoms with van der Waals surface area (Å²) >= 11 is 0. The first kappa shape index (κ1) is 44.9. The number of aliphatic hydroxyl groups excluding tert-OH is 2. The van der Waals surface area contributed by atoms with Crippen LogP contribution in [0.1, 0.15) is 85.1 Å². The number of carbonyl (C=O) groups excluding carboxylic acids is 5. The predicted octanol–water partition coefficient (Wildman–Crippen LogP) is 3.23. The molecule has 1 aliphatic carbocycles. The molecule has 0 radical (unpaired) electrons. The van der Waals surface area contributed by atoms with Crippen molar-refractivity contribution in [1.82, 2.24) is 15.2 Å². The van der Waals surface area contributed by atoms with E-state index in [0.29, 0.717) is 26.2 Å². The largest absolute Gasteiger partial charge is 0.507 e. The topological polar surface area (TPSA) is 214 Å². The fourth-order valence-electron chi connectivity index (χ4n) is 7.89. The van der Waals surface area contributed by atoms with Crippen LogP contribution in [0, 0.1) is 30.6 Å². The minimum atomic E-state index is -2.09. The SMILES string of the molecule is COC1C=COC2(C)Oc3c(C)c(O)c4c(c3C2=O)C(=O)C(/C=N/N2CCN(C)CC2)=C(NC(=O)C(C)=CC=CC(C)C(O)C(C)C(O)C(C)C(OC(C)=O)C1C)C4=O. The van der Waals surface area contributed by atoms with Gasteiger partial charge in [-0.1, -0.05) is 45.9 Å². The van der Waals surface area contributed by atoms with E-state index < -0.39 is 106 Å². The summed E-state index contributed by atoms with van der Waals surface area (Å²) in [6.45, 7) is 14.8. The molecule has 9 unspecified atom stereocenters. The van der Waals surface area contributed by atoms with Gasteiger partial charge in [0.2, 0.25) is 5.78 Å². The maximum absolute atomic E-state index is 14.6. The van der Waals surface area contributed by atoms with Crippen molar-refractivity contribution in [1.29, 1.82) is 0 Å². The van der Waals surface area contributed by atoms with Crippen molar-refractivity contribution in [3.63, 3.8) is 0 Å². The maximum atomic E-state index is 14.6. The molecule has 4 aliphatic heterocycles. The number of nitrogens with one attached hydrogen (secondary N) is 1. The number of piperazine rings is 1. The summed E-state index contributed by atoms with van der Waals surface area (Å²) in [5, 5.41) is 43.1. The van der Waals surface area contributed by atoms with Crippen molar-refractivity contribution in [3.8, 4) is 11.5 Å². The molecule has 16 nitrogen and oxygen atoms in total. The molecule has 1 saturated heterocycles. The van der Waals surface area contributed by atoms with Crippen molar-refractivity contribution < 1.29 is 58.2 Å². The molecule has 59 heavy (non-hydrogen) atoms. The number of likely N-dealkylation sites (N-methyl/N-ethyl adjacent to an activating group) is 1. The normalized spacial score (nSPS) is 31.3. The number of fused-ring (bicyclic) bond motifs is 14. The molecule has 1 aromatic rings. The Labute approximate surface area is 344 Å². The second-order valence-electron chi connectivity index (χ2n) is 16.1. The van der Waals surface area contributed by atoms with Crippen LogP contribution in [0.5, 0.6) is 11.5 Å². The number of ether oxygens (including phenoxy) is 4. The highest BCUT2D eigenvalue weighted by Crippen LogP contribution is 2.48. The van der Waals surface area contributed by atoms with Gasteiger partial charge < -0.3 is 44.5 Å². The Morgan fingerprint density at radius 3 is 2.24 bits per heavy atom. The highest BCUT2D eigenvalue weighted by molar-refractivity contribution is 6.37. The van der Waals surface area contributed by atoms with E-state index in [0.717, 1.165) is 0 Å². The van der Waals surface area contributed by atoms with E-state index in [9.17, 15) is 39.3 Å². The van der Waals surface area contributed by atoms with Crippen LogP contribution < -0.4 is 10.1 Å². The zero-order valence-electron chi connectivity index (χ0n) is 35.3. The van der Waals surface area contributed by atoms with Crippen molar-refractivity contribution in [2.45, 2.75) is 85.6 Å². The quantitative estimate of drug-likeness (QED) is 0.254. The molecule has 1 fully saturated rings. The summed E-state index contributed by atoms with van der Waals surface area (Å²) in [6, 6.07) is 0. The lowest BCUT2D eigenvalue weighted by Gasteiger charge is -2.38. The van der Waals surface area contributed by atoms with E-state index in [4.69, 9.17) is 18.9 Å². The van der Waals surface area contributed by atoms with Gasteiger partial charge in [0.1, 0.15) is 23.3 Å². The highest BCUT2D eigenvalue weighted by Gasteiger charge is 2.52. The average molecular weight is 821 g/mol. The number of nitrogens with zero attached hydrogens (tertiary/aromatic N) is 3. The number of phenols is 1. The number of rotatable bonds is 4. The number of carbonyl (C=O) groups is 5. The van der Waals surface area contributed by atoms with Crippen LogP contribution in [0.3, 0.4) is 0 Å². The van der Waals surface area contributed by atoms with Gasteiger partial charge in [-0.25, -0.2) is 0 Å². The van der Waals surface area contributed by atoms with E-state index in [1.807, 2.05) is 7.05 Å². The number of hydrogen-bond acceptors (Lipinski definition) is 15. The molecule has 9 atom stereocenters. The molecule has 4 heterocycles. The first-order valence-electron chi connectivity index (χ1n) is 19.7. The Morgan fingerprint density at radius 1 is 0.949 bits per heavy atom. The lowest BCUT2D eigenvalue weighted by atomic mass is 9.78. The third-order valence-corrected chi connectivity index (χ3v) is 11.8. The van der Waals surface area contributed by atoms with Gasteiger partial charge in [-0.05, 0) is 27.0 Å². The third-order valence-electron chi connectivity index (χ3n) is 11.8. The van der Waals surface area contributed by atoms with Crippen LogP contribution in [0.4, 0.5) is 0 Å². The smallest absolute Gasteiger partial charge is 0.312 e. The van der Waals surface area contributed by atoms with Crippen LogP contribution in [0.25, 0.3) is 0 Å². The number of hydrogen-bond donors (Lipinski definition) is 4. The third kappa shape index (κ3) is 8.91. The molecule has 1 aromatic carbocycles. The monoisotopic (exact) mass is 820 g/mol. The second kappa shape index (κ2) is 18.0. The molecule has 16 heteroatoms. The first-order chi connectivity index (χ1) is 27.7. The number of allylic oxidation sites excluding steroid dienone is 4. The number of aromatic hydroxyl groups is 1. The highest BCUT2D eigenvalue weighted by atomic mass is 16.7. The van der Waals surface area contributed by atoms with Crippen LogP contribution in [-0.2, 0) is 23.8 Å². The fraction of sp³-hybridized carbons (Fsp3) is 0.535. The van der Waals surface area contributed by atoms with Gasteiger partial charge in [-0.15, -0.1) is 0 Å². The Balaban J connectivity index is 1.66. The summed E-state index contributed by atoms with van der Waals surface area (Å²) in [4.78, 5) is 71.6. The molecule has 5 aliphatic rings. The lowest BCUT2D eigenvalue weighted by Crippen LogP contribution is -2.46. The van der Waals surface area contributed by atoms with E-state index in [1.54, 1.807) is 44.9 Å². The number of Topliss-reactive ketones (excluding diaryl/α,β-unsaturated/α-hetero) is 3. The average Bonchev–Trinajstić information content (AvgIpc) is 3.46. The van der Waals surface area contributed by atoms with Gasteiger partial charge in [-0.2, -0.15) is 5.10 Å². The summed E-state index contributed by atoms with van der Waals surface area (Å²) < 4.78 is 23.5. The number of benzene rings is 1. The number of phenolic OH excluding ortho intramolecular Hbond substituents is 1. The van der Waals surface area contributed by atoms with E-state index >= 15 is 0 Å². The van der Waals surface area contributed by atoms with Crippen molar-refractivity contribution in [2.24, 2.45) is 28.8 Å². The second-order valence-corrected chi connectivity index (χ2v) is 16.1. The zero-order chi connectivity index (χ0) is 43.7. The van der Waals surface area contributed by atoms with Crippen LogP contribution in [0.2, 0.25) is 0 Å². The lowest BCUT2D eigenvalue weighted by molar-refractivity contribution is -0.160. The van der Waals surface area contributed by atoms with Gasteiger partial charge in [-0.3, -0.25) is 29.0 Å². The Morgan fingerprint density at radius 2 is 1.61 bits per heavy atom. The van der Waals surface area contributed by atoms with E-state index in [2.05, 4.69) is 15.3 Å². The van der Waals surface area contributed by atoms with Crippen molar-refractivity contribution in [2.75, 3.05) is 40.3 Å². The minimum Gasteiger partial charge on any atom is -0.507 e. The molecular weight excluding hydrogens is 764 g/mol. The Kier molecular flexibility index (Phi) is 13.7.